The largest absolute Gasteiger partial charge is 0.343 e. The number of carbonyl (C=O) groups is 1. The highest BCUT2D eigenvalue weighted by atomic mass is 16.2. The number of nitrogens with one attached hydrogen (secondary N) is 1. The van der Waals surface area contributed by atoms with Crippen molar-refractivity contribution in [2.45, 2.75) is 46.6 Å². The lowest BCUT2D eigenvalue weighted by molar-refractivity contribution is -0.121. The van der Waals surface area contributed by atoms with E-state index in [1.165, 1.54) is 0 Å². The molecule has 0 aliphatic carbocycles. The molecule has 0 radical (unpaired) electrons. The molecule has 0 saturated carbocycles. The van der Waals surface area contributed by atoms with Crippen LogP contribution in [-0.2, 0) is 4.79 Å². The molecular weight excluding hydrogens is 388 g/mol. The van der Waals surface area contributed by atoms with E-state index in [2.05, 4.69) is 63.6 Å². The van der Waals surface area contributed by atoms with Crippen LogP contribution in [0.25, 0.3) is 22.2 Å². The molecule has 0 spiro atoms. The summed E-state index contributed by atoms with van der Waals surface area (Å²) in [6.07, 6.45) is 9.26. The number of anilines is 1. The molecule has 3 aromatic rings. The van der Waals surface area contributed by atoms with Crippen molar-refractivity contribution in [3.05, 3.63) is 36.9 Å². The first-order chi connectivity index (χ1) is 14.9. The highest BCUT2D eigenvalue weighted by molar-refractivity contribution is 5.95. The number of carbonyl (C=O) groups excluding carboxylic acids is 1. The monoisotopic (exact) mass is 420 g/mol. The molecular formula is C24H32N6O. The second-order valence-corrected chi connectivity index (χ2v) is 9.16. The van der Waals surface area contributed by atoms with E-state index in [4.69, 9.17) is 0 Å². The Labute approximate surface area is 183 Å². The summed E-state index contributed by atoms with van der Waals surface area (Å²) in [6, 6.07) is 4.21. The van der Waals surface area contributed by atoms with Crippen molar-refractivity contribution >= 4 is 22.8 Å². The molecule has 0 aromatic carbocycles. The molecule has 0 unspecified atom stereocenters. The van der Waals surface area contributed by atoms with Gasteiger partial charge in [0.15, 0.2) is 0 Å². The molecule has 31 heavy (non-hydrogen) atoms. The maximum Gasteiger partial charge on any atom is 0.229 e. The number of pyridine rings is 1. The average molecular weight is 421 g/mol. The van der Waals surface area contributed by atoms with Gasteiger partial charge in [-0.25, -0.2) is 9.97 Å². The fourth-order valence-electron chi connectivity index (χ4n) is 4.40. The minimum absolute atomic E-state index is 0.0181. The van der Waals surface area contributed by atoms with Crippen LogP contribution < -0.4 is 5.32 Å². The van der Waals surface area contributed by atoms with E-state index < -0.39 is 0 Å². The first-order valence-corrected chi connectivity index (χ1v) is 11.2. The summed E-state index contributed by atoms with van der Waals surface area (Å²) < 4.78 is 2.20. The third-order valence-corrected chi connectivity index (χ3v) is 5.94. The summed E-state index contributed by atoms with van der Waals surface area (Å²) in [5.41, 5.74) is 2.89. The van der Waals surface area contributed by atoms with E-state index in [1.807, 2.05) is 18.3 Å². The normalized spacial score (nSPS) is 15.8. The van der Waals surface area contributed by atoms with Gasteiger partial charge in [0.2, 0.25) is 11.9 Å². The zero-order valence-corrected chi connectivity index (χ0v) is 18.9. The van der Waals surface area contributed by atoms with Crippen LogP contribution >= 0.6 is 0 Å². The minimum Gasteiger partial charge on any atom is -0.343 e. The van der Waals surface area contributed by atoms with Gasteiger partial charge in [0.05, 0.1) is 17.4 Å². The molecule has 1 amide bonds. The number of rotatable bonds is 6. The van der Waals surface area contributed by atoms with Crippen molar-refractivity contribution in [1.29, 1.82) is 0 Å². The van der Waals surface area contributed by atoms with E-state index in [1.54, 1.807) is 12.4 Å². The third-order valence-electron chi connectivity index (χ3n) is 5.94. The molecule has 164 valence electrons. The quantitative estimate of drug-likeness (QED) is 0.640. The standard InChI is InChI=1S/C24H32N6O/c1-16(2)14-29-11-7-18(8-12-29)23(31)28-24-26-10-6-21(27-24)20-15-30(17(3)4)22-13-25-9-5-19(20)22/h5-6,9-10,13,15-18H,7-8,11-12,14H2,1-4H3,(H,26,27,28,31). The summed E-state index contributed by atoms with van der Waals surface area (Å²) in [5.74, 6) is 1.06. The van der Waals surface area contributed by atoms with Crippen LogP contribution in [0.4, 0.5) is 5.95 Å². The van der Waals surface area contributed by atoms with Crippen molar-refractivity contribution in [3.8, 4) is 11.3 Å². The van der Waals surface area contributed by atoms with Crippen LogP contribution in [0.15, 0.2) is 36.9 Å². The smallest absolute Gasteiger partial charge is 0.229 e. The van der Waals surface area contributed by atoms with Gasteiger partial charge in [-0.2, -0.15) is 0 Å². The van der Waals surface area contributed by atoms with E-state index >= 15 is 0 Å². The Bertz CT molecular complexity index is 1050. The number of hydrogen-bond donors (Lipinski definition) is 1. The molecule has 3 aromatic heterocycles. The number of aromatic nitrogens is 4. The topological polar surface area (TPSA) is 75.9 Å². The SMILES string of the molecule is CC(C)CN1CCC(C(=O)Nc2nccc(-c3cn(C(C)C)c4cnccc34)n2)CC1. The van der Waals surface area contributed by atoms with Crippen LogP contribution in [0.3, 0.4) is 0 Å². The lowest BCUT2D eigenvalue weighted by Crippen LogP contribution is -2.39. The van der Waals surface area contributed by atoms with Gasteiger partial charge in [-0.15, -0.1) is 0 Å². The molecule has 1 aliphatic heterocycles. The van der Waals surface area contributed by atoms with Crippen LogP contribution in [0.2, 0.25) is 0 Å². The average Bonchev–Trinajstić information content (AvgIpc) is 3.14. The summed E-state index contributed by atoms with van der Waals surface area (Å²) >= 11 is 0. The van der Waals surface area contributed by atoms with Gasteiger partial charge in [-0.1, -0.05) is 13.8 Å². The first-order valence-electron chi connectivity index (χ1n) is 11.2. The lowest BCUT2D eigenvalue weighted by Gasteiger charge is -2.32. The van der Waals surface area contributed by atoms with E-state index in [0.717, 1.165) is 54.6 Å². The van der Waals surface area contributed by atoms with Gasteiger partial charge in [0.1, 0.15) is 0 Å². The highest BCUT2D eigenvalue weighted by Crippen LogP contribution is 2.31. The second-order valence-electron chi connectivity index (χ2n) is 9.16. The summed E-state index contributed by atoms with van der Waals surface area (Å²) in [6.45, 7) is 11.8. The summed E-state index contributed by atoms with van der Waals surface area (Å²) in [7, 11) is 0. The first kappa shape index (κ1) is 21.4. The van der Waals surface area contributed by atoms with Crippen molar-refractivity contribution in [1.82, 2.24) is 24.4 Å². The van der Waals surface area contributed by atoms with Crippen molar-refractivity contribution in [2.24, 2.45) is 11.8 Å². The van der Waals surface area contributed by atoms with Gasteiger partial charge in [-0.05, 0) is 57.8 Å². The van der Waals surface area contributed by atoms with E-state index in [0.29, 0.717) is 17.9 Å². The van der Waals surface area contributed by atoms with Gasteiger partial charge < -0.3 is 9.47 Å². The van der Waals surface area contributed by atoms with E-state index in [9.17, 15) is 4.79 Å². The number of hydrogen-bond acceptors (Lipinski definition) is 5. The van der Waals surface area contributed by atoms with Crippen LogP contribution in [-0.4, -0.2) is 50.0 Å². The zero-order chi connectivity index (χ0) is 22.0. The molecule has 7 nitrogen and oxygen atoms in total. The summed E-state index contributed by atoms with van der Waals surface area (Å²) in [5, 5.41) is 4.05. The van der Waals surface area contributed by atoms with Crippen LogP contribution in [0, 0.1) is 11.8 Å². The Morgan fingerprint density at radius 2 is 1.94 bits per heavy atom. The van der Waals surface area contributed by atoms with Crippen molar-refractivity contribution in [2.75, 3.05) is 25.0 Å². The van der Waals surface area contributed by atoms with E-state index in [-0.39, 0.29) is 11.8 Å². The molecule has 1 aliphatic rings. The molecule has 1 saturated heterocycles. The minimum atomic E-state index is 0.0181. The number of piperidine rings is 1. The highest BCUT2D eigenvalue weighted by Gasteiger charge is 2.26. The predicted molar refractivity (Wildman–Crippen MR) is 124 cm³/mol. The number of likely N-dealkylation sites (tertiary alicyclic amines) is 1. The molecule has 0 atom stereocenters. The molecule has 4 rings (SSSR count). The summed E-state index contributed by atoms with van der Waals surface area (Å²) in [4.78, 5) is 28.5. The number of amides is 1. The Morgan fingerprint density at radius 3 is 2.65 bits per heavy atom. The Kier molecular flexibility index (Phi) is 6.32. The number of fused-ring (bicyclic) bond motifs is 1. The maximum absolute atomic E-state index is 12.8. The molecule has 1 N–H and O–H groups in total. The molecule has 7 heteroatoms. The Morgan fingerprint density at radius 1 is 1.16 bits per heavy atom. The van der Waals surface area contributed by atoms with Crippen LogP contribution in [0.1, 0.15) is 46.6 Å². The van der Waals surface area contributed by atoms with Gasteiger partial charge in [0, 0.05) is 48.0 Å². The van der Waals surface area contributed by atoms with Gasteiger partial charge in [-0.3, -0.25) is 15.1 Å². The third kappa shape index (κ3) is 4.77. The van der Waals surface area contributed by atoms with Crippen molar-refractivity contribution in [3.63, 3.8) is 0 Å². The fraction of sp³-hybridized carbons (Fsp3) is 0.500. The predicted octanol–water partition coefficient (Wildman–Crippen LogP) is 4.38. The van der Waals surface area contributed by atoms with Gasteiger partial charge in [0.25, 0.3) is 0 Å². The Balaban J connectivity index is 1.50. The molecule has 0 bridgehead atoms. The second kappa shape index (κ2) is 9.14. The van der Waals surface area contributed by atoms with Crippen LogP contribution in [0.5, 0.6) is 0 Å². The number of nitrogens with zero attached hydrogens (tertiary/aromatic N) is 5. The Hall–Kier alpha value is -2.80. The maximum atomic E-state index is 12.8. The van der Waals surface area contributed by atoms with Gasteiger partial charge >= 0.3 is 0 Å². The molecule has 4 heterocycles. The zero-order valence-electron chi connectivity index (χ0n) is 18.9. The van der Waals surface area contributed by atoms with Crippen molar-refractivity contribution < 1.29 is 4.79 Å². The molecule has 1 fully saturated rings. The lowest BCUT2D eigenvalue weighted by atomic mass is 9.95. The fourth-order valence-corrected chi connectivity index (χ4v) is 4.40.